The summed E-state index contributed by atoms with van der Waals surface area (Å²) in [7, 11) is 0. The molecular weight excluding hydrogens is 418 g/mol. The first-order chi connectivity index (χ1) is 15.2. The van der Waals surface area contributed by atoms with Gasteiger partial charge in [-0.3, -0.25) is 10.5 Å². The first kappa shape index (κ1) is 29.9. The van der Waals surface area contributed by atoms with Crippen molar-refractivity contribution in [3.05, 3.63) is 76.4 Å². The number of carboxylic acids is 1. The second kappa shape index (κ2) is 16.5. The number of carbonyl (C=O) groups is 2. The Labute approximate surface area is 186 Å². The third kappa shape index (κ3) is 9.96. The number of carbonyl (C=O) groups excluding carboxylic acids is 1. The molecule has 0 spiro atoms. The quantitative estimate of drug-likeness (QED) is 0.154. The monoisotopic (exact) mass is 447 g/mol. The minimum absolute atomic E-state index is 0.179. The van der Waals surface area contributed by atoms with E-state index in [1.807, 2.05) is 27.7 Å². The number of aliphatic carboxylic acids is 1. The summed E-state index contributed by atoms with van der Waals surface area (Å²) < 4.78 is 0. The summed E-state index contributed by atoms with van der Waals surface area (Å²) in [5.41, 5.74) is 4.20. The molecule has 1 rings (SSSR count). The fourth-order valence-electron chi connectivity index (χ4n) is 1.79. The van der Waals surface area contributed by atoms with E-state index < -0.39 is 28.3 Å². The Morgan fingerprint density at radius 1 is 1.31 bits per heavy atom. The van der Waals surface area contributed by atoms with E-state index in [4.69, 9.17) is 5.73 Å². The molecule has 1 heterocycles. The van der Waals surface area contributed by atoms with Gasteiger partial charge in [0.25, 0.3) is 5.91 Å². The van der Waals surface area contributed by atoms with Crippen molar-refractivity contribution in [1.82, 2.24) is 10.3 Å². The second-order valence-corrected chi connectivity index (χ2v) is 4.96. The Balaban J connectivity index is 0. The lowest BCUT2D eigenvalue weighted by Gasteiger charge is -2.09. The molecular formula is C21H29N5O6. The molecule has 0 unspecified atom stereocenters. The summed E-state index contributed by atoms with van der Waals surface area (Å²) in [6.07, 6.45) is 5.67. The number of amides is 1. The summed E-state index contributed by atoms with van der Waals surface area (Å²) in [4.78, 5) is 41.2. The molecule has 174 valence electrons. The first-order valence-electron chi connectivity index (χ1n) is 9.59. The number of aromatic nitrogens is 1. The van der Waals surface area contributed by atoms with Crippen LogP contribution in [0.4, 0.5) is 5.82 Å². The van der Waals surface area contributed by atoms with Gasteiger partial charge >= 0.3 is 11.8 Å². The standard InChI is InChI=1S/C17H17N5O6.2C2H6/c1-3-6-10(17(25)26)11(4-2)21-16(24)12(9-14(18)22(27)28)20-15-13(23)7-5-8-19-15;2*1-2/h3-9,23H,2,18H2,1H3,(H,21,24)(H,25,26);2*1-2H3/b6-3-,11-10-,14-9+,20-12-;;. The Morgan fingerprint density at radius 2 is 1.91 bits per heavy atom. The van der Waals surface area contributed by atoms with Crippen LogP contribution in [0, 0.1) is 10.1 Å². The van der Waals surface area contributed by atoms with Crippen LogP contribution in [0.15, 0.2) is 71.3 Å². The van der Waals surface area contributed by atoms with Crippen LogP contribution in [-0.2, 0) is 9.59 Å². The lowest BCUT2D eigenvalue weighted by atomic mass is 10.1. The predicted molar refractivity (Wildman–Crippen MR) is 123 cm³/mol. The van der Waals surface area contributed by atoms with Crippen LogP contribution < -0.4 is 11.1 Å². The third-order valence-electron chi connectivity index (χ3n) is 3.03. The third-order valence-corrected chi connectivity index (χ3v) is 3.03. The molecule has 11 heteroatoms. The maximum Gasteiger partial charge on any atom is 0.337 e. The van der Waals surface area contributed by atoms with Crippen molar-refractivity contribution in [2.24, 2.45) is 10.7 Å². The van der Waals surface area contributed by atoms with Gasteiger partial charge in [0, 0.05) is 6.20 Å². The van der Waals surface area contributed by atoms with E-state index in [9.17, 15) is 29.9 Å². The maximum atomic E-state index is 12.5. The summed E-state index contributed by atoms with van der Waals surface area (Å²) in [5, 5.41) is 32.0. The number of hydrogen-bond acceptors (Lipinski definition) is 8. The molecule has 0 aliphatic rings. The predicted octanol–water partition coefficient (Wildman–Crippen LogP) is 3.21. The second-order valence-electron chi connectivity index (χ2n) is 4.96. The number of aromatic hydroxyl groups is 1. The van der Waals surface area contributed by atoms with E-state index in [1.165, 1.54) is 30.5 Å². The normalized spacial score (nSPS) is 11.8. The summed E-state index contributed by atoms with van der Waals surface area (Å²) in [5.74, 6) is -3.96. The number of nitrogens with zero attached hydrogens (tertiary/aromatic N) is 3. The largest absolute Gasteiger partial charge is 0.504 e. The van der Waals surface area contributed by atoms with Crippen LogP contribution in [0.25, 0.3) is 0 Å². The van der Waals surface area contributed by atoms with Gasteiger partial charge in [-0.05, 0) is 36.1 Å². The molecule has 0 aliphatic heterocycles. The van der Waals surface area contributed by atoms with Gasteiger partial charge in [-0.1, -0.05) is 40.3 Å². The molecule has 5 N–H and O–H groups in total. The molecule has 11 nitrogen and oxygen atoms in total. The van der Waals surface area contributed by atoms with E-state index >= 15 is 0 Å². The zero-order valence-corrected chi connectivity index (χ0v) is 18.7. The summed E-state index contributed by atoms with van der Waals surface area (Å²) >= 11 is 0. The highest BCUT2D eigenvalue weighted by Crippen LogP contribution is 2.22. The van der Waals surface area contributed by atoms with Crippen molar-refractivity contribution in [3.8, 4) is 5.75 Å². The molecule has 0 saturated carbocycles. The van der Waals surface area contributed by atoms with Crippen molar-refractivity contribution in [2.45, 2.75) is 34.6 Å². The van der Waals surface area contributed by atoms with E-state index in [0.717, 1.165) is 6.08 Å². The van der Waals surface area contributed by atoms with Gasteiger partial charge in [-0.15, -0.1) is 0 Å². The Bertz CT molecular complexity index is 932. The van der Waals surface area contributed by atoms with E-state index in [0.29, 0.717) is 6.08 Å². The number of allylic oxidation sites excluding steroid dienone is 2. The van der Waals surface area contributed by atoms with Crippen LogP contribution in [-0.4, -0.2) is 37.7 Å². The summed E-state index contributed by atoms with van der Waals surface area (Å²) in [6.45, 7) is 13.0. The van der Waals surface area contributed by atoms with Gasteiger partial charge in [-0.25, -0.2) is 14.8 Å². The molecule has 1 amide bonds. The van der Waals surface area contributed by atoms with E-state index in [2.05, 4.69) is 21.9 Å². The number of carboxylic acid groups (broad SMARTS) is 1. The highest BCUT2D eigenvalue weighted by atomic mass is 16.6. The lowest BCUT2D eigenvalue weighted by Crippen LogP contribution is -2.31. The molecule has 0 saturated heterocycles. The van der Waals surface area contributed by atoms with Crippen LogP contribution in [0.3, 0.4) is 0 Å². The van der Waals surface area contributed by atoms with Gasteiger partial charge in [0.05, 0.1) is 17.3 Å². The molecule has 0 bridgehead atoms. The number of nitro groups is 1. The van der Waals surface area contributed by atoms with Crippen molar-refractivity contribution >= 4 is 23.4 Å². The van der Waals surface area contributed by atoms with Gasteiger partial charge in [0.2, 0.25) is 0 Å². The Kier molecular flexibility index (Phi) is 15.4. The number of nitrogens with one attached hydrogen (secondary N) is 1. The zero-order valence-electron chi connectivity index (χ0n) is 18.7. The average Bonchev–Trinajstić information content (AvgIpc) is 2.79. The number of rotatable bonds is 8. The molecule has 0 aromatic carbocycles. The molecule has 1 aromatic rings. The average molecular weight is 447 g/mol. The van der Waals surface area contributed by atoms with E-state index in [1.54, 1.807) is 6.92 Å². The smallest absolute Gasteiger partial charge is 0.337 e. The number of hydrogen-bond donors (Lipinski definition) is 4. The van der Waals surface area contributed by atoms with E-state index in [-0.39, 0.29) is 22.8 Å². The highest BCUT2D eigenvalue weighted by Gasteiger charge is 2.18. The lowest BCUT2D eigenvalue weighted by molar-refractivity contribution is -0.426. The van der Waals surface area contributed by atoms with Gasteiger partial charge in [0.1, 0.15) is 5.71 Å². The Hall–Kier alpha value is -4.28. The van der Waals surface area contributed by atoms with Gasteiger partial charge < -0.3 is 25.6 Å². The van der Waals surface area contributed by atoms with Crippen LogP contribution in [0.5, 0.6) is 5.75 Å². The topological polar surface area (TPSA) is 181 Å². The fraction of sp³-hybridized carbons (Fsp3) is 0.238. The molecule has 0 fully saturated rings. The minimum atomic E-state index is -1.34. The first-order valence-corrected chi connectivity index (χ1v) is 9.59. The van der Waals surface area contributed by atoms with Crippen molar-refractivity contribution in [1.29, 1.82) is 0 Å². The van der Waals surface area contributed by atoms with Gasteiger partial charge in [0.15, 0.2) is 11.6 Å². The van der Waals surface area contributed by atoms with Crippen LogP contribution >= 0.6 is 0 Å². The van der Waals surface area contributed by atoms with Crippen molar-refractivity contribution < 1.29 is 24.7 Å². The molecule has 0 atom stereocenters. The SMILES string of the molecule is C=C/C(NC(=O)C(/C=C(\N)[N+](=O)[O-])=N\c1ncccc1O)=C(\C=C/C)C(=O)O.CC.CC. The van der Waals surface area contributed by atoms with Crippen LogP contribution in [0.2, 0.25) is 0 Å². The minimum Gasteiger partial charge on any atom is -0.504 e. The number of aliphatic imine (C=N–C) groups is 1. The van der Waals surface area contributed by atoms with Crippen molar-refractivity contribution in [2.75, 3.05) is 0 Å². The highest BCUT2D eigenvalue weighted by molar-refractivity contribution is 6.44. The fourth-order valence-corrected chi connectivity index (χ4v) is 1.79. The molecule has 32 heavy (non-hydrogen) atoms. The maximum absolute atomic E-state index is 12.5. The molecule has 0 radical (unpaired) electrons. The van der Waals surface area contributed by atoms with Gasteiger partial charge in [-0.2, -0.15) is 0 Å². The van der Waals surface area contributed by atoms with Crippen molar-refractivity contribution in [3.63, 3.8) is 0 Å². The summed E-state index contributed by atoms with van der Waals surface area (Å²) in [6, 6.07) is 2.65. The molecule has 1 aromatic heterocycles. The number of nitrogens with two attached hydrogens (primary N) is 1. The number of pyridine rings is 1. The molecule has 0 aliphatic carbocycles. The van der Waals surface area contributed by atoms with Crippen LogP contribution in [0.1, 0.15) is 34.6 Å². The Morgan fingerprint density at radius 3 is 2.34 bits per heavy atom. The zero-order chi connectivity index (χ0) is 25.3.